The number of anilines is 1. The van der Waals surface area contributed by atoms with E-state index in [1.807, 2.05) is 6.92 Å². The van der Waals surface area contributed by atoms with Gasteiger partial charge in [-0.3, -0.25) is 4.99 Å². The largest absolute Gasteiger partial charge is 0.389 e. The number of terminal acetylenes is 1. The summed E-state index contributed by atoms with van der Waals surface area (Å²) < 4.78 is 30.2. The van der Waals surface area contributed by atoms with E-state index < -0.39 is 17.8 Å². The fourth-order valence-electron chi connectivity index (χ4n) is 3.69. The lowest BCUT2D eigenvalue weighted by atomic mass is 9.93. The Bertz CT molecular complexity index is 815. The molecular formula is C20H28FN5O4. The Morgan fingerprint density at radius 1 is 1.47 bits per heavy atom. The molecule has 10 heteroatoms. The molecule has 2 aliphatic heterocycles. The summed E-state index contributed by atoms with van der Waals surface area (Å²) in [6.45, 7) is 2.20. The summed E-state index contributed by atoms with van der Waals surface area (Å²) in [4.78, 5) is 11.7. The monoisotopic (exact) mass is 421 g/mol. The predicted molar refractivity (Wildman–Crippen MR) is 108 cm³/mol. The molecule has 0 aromatic carbocycles. The maximum Gasteiger partial charge on any atom is 0.310 e. The minimum atomic E-state index is -1.23. The van der Waals surface area contributed by atoms with E-state index in [0.717, 1.165) is 0 Å². The molecule has 30 heavy (non-hydrogen) atoms. The van der Waals surface area contributed by atoms with Gasteiger partial charge >= 0.3 is 6.08 Å². The first-order valence-corrected chi connectivity index (χ1v) is 9.93. The van der Waals surface area contributed by atoms with E-state index in [1.54, 1.807) is 6.21 Å². The maximum atomic E-state index is 13.4. The lowest BCUT2D eigenvalue weighted by Gasteiger charge is -2.26. The van der Waals surface area contributed by atoms with Gasteiger partial charge in [0.05, 0.1) is 31.1 Å². The summed E-state index contributed by atoms with van der Waals surface area (Å²) in [7, 11) is 0. The Morgan fingerprint density at radius 2 is 2.27 bits per heavy atom. The number of aryl methyl sites for hydroxylation is 1. The number of hydrogen-bond donors (Lipinski definition) is 3. The number of aliphatic hydroxyl groups excluding tert-OH is 1. The van der Waals surface area contributed by atoms with Crippen molar-refractivity contribution >= 4 is 17.7 Å². The van der Waals surface area contributed by atoms with Crippen LogP contribution in [0.3, 0.4) is 0 Å². The SMILES string of the molecule is C#CC1(COCOC[C@H](C)N)O[C@@H](CC2C=Nc3c(N)nc(F)nc3CC2)C[C@@H]1O. The van der Waals surface area contributed by atoms with Crippen molar-refractivity contribution in [1.82, 2.24) is 9.97 Å². The average molecular weight is 421 g/mol. The van der Waals surface area contributed by atoms with Crippen LogP contribution in [0.1, 0.15) is 31.9 Å². The highest BCUT2D eigenvalue weighted by atomic mass is 19.1. The van der Waals surface area contributed by atoms with E-state index in [-0.39, 0.29) is 37.3 Å². The van der Waals surface area contributed by atoms with Crippen LogP contribution in [0.15, 0.2) is 4.99 Å². The fraction of sp³-hybridized carbons (Fsp3) is 0.650. The van der Waals surface area contributed by atoms with Crippen LogP contribution < -0.4 is 11.5 Å². The molecule has 3 rings (SSSR count). The van der Waals surface area contributed by atoms with Crippen molar-refractivity contribution in [3.05, 3.63) is 11.8 Å². The molecule has 1 aromatic heterocycles. The van der Waals surface area contributed by atoms with Gasteiger partial charge in [-0.15, -0.1) is 6.42 Å². The maximum absolute atomic E-state index is 13.4. The lowest BCUT2D eigenvalue weighted by Crippen LogP contribution is -2.43. The summed E-state index contributed by atoms with van der Waals surface area (Å²) in [6.07, 6.45) is 7.60. The number of nitrogens with two attached hydrogens (primary N) is 2. The summed E-state index contributed by atoms with van der Waals surface area (Å²) in [5.41, 5.74) is 11.0. The van der Waals surface area contributed by atoms with Gasteiger partial charge in [0.25, 0.3) is 0 Å². The first-order chi connectivity index (χ1) is 14.3. The van der Waals surface area contributed by atoms with Crippen LogP contribution in [0.2, 0.25) is 0 Å². The molecule has 0 amide bonds. The van der Waals surface area contributed by atoms with Crippen LogP contribution in [0, 0.1) is 24.3 Å². The van der Waals surface area contributed by atoms with Crippen LogP contribution in [-0.2, 0) is 20.6 Å². The van der Waals surface area contributed by atoms with Gasteiger partial charge in [-0.1, -0.05) is 5.92 Å². The molecule has 0 spiro atoms. The molecule has 5 atom stereocenters. The quantitative estimate of drug-likeness (QED) is 0.241. The molecule has 3 heterocycles. The van der Waals surface area contributed by atoms with Crippen molar-refractivity contribution in [2.24, 2.45) is 16.6 Å². The van der Waals surface area contributed by atoms with Gasteiger partial charge in [-0.25, -0.2) is 4.98 Å². The Balaban J connectivity index is 1.56. The zero-order valence-corrected chi connectivity index (χ0v) is 17.0. The Kier molecular flexibility index (Phi) is 7.33. The van der Waals surface area contributed by atoms with E-state index in [9.17, 15) is 9.50 Å². The number of rotatable bonds is 8. The van der Waals surface area contributed by atoms with Crippen molar-refractivity contribution in [1.29, 1.82) is 0 Å². The molecule has 1 saturated heterocycles. The fourth-order valence-corrected chi connectivity index (χ4v) is 3.69. The van der Waals surface area contributed by atoms with Gasteiger partial charge < -0.3 is 30.8 Å². The average Bonchev–Trinajstić information content (AvgIpc) is 2.85. The number of aliphatic imine (C=N–C) groups is 1. The molecule has 2 aliphatic rings. The van der Waals surface area contributed by atoms with E-state index in [0.29, 0.717) is 43.7 Å². The van der Waals surface area contributed by atoms with Crippen LogP contribution in [-0.4, -0.2) is 65.1 Å². The van der Waals surface area contributed by atoms with Gasteiger partial charge in [-0.05, 0) is 32.1 Å². The number of fused-ring (bicyclic) bond motifs is 1. The highest BCUT2D eigenvalue weighted by molar-refractivity contribution is 5.73. The number of aliphatic hydroxyl groups is 1. The van der Waals surface area contributed by atoms with Crippen molar-refractivity contribution < 1.29 is 23.7 Å². The predicted octanol–water partition coefficient (Wildman–Crippen LogP) is 0.712. The molecule has 2 unspecified atom stereocenters. The summed E-state index contributed by atoms with van der Waals surface area (Å²) in [5, 5.41) is 10.5. The first-order valence-electron chi connectivity index (χ1n) is 9.93. The number of halogens is 1. The number of hydrogen-bond acceptors (Lipinski definition) is 9. The van der Waals surface area contributed by atoms with E-state index >= 15 is 0 Å². The van der Waals surface area contributed by atoms with Crippen molar-refractivity contribution in [3.63, 3.8) is 0 Å². The highest BCUT2D eigenvalue weighted by Crippen LogP contribution is 2.36. The highest BCUT2D eigenvalue weighted by Gasteiger charge is 2.47. The van der Waals surface area contributed by atoms with Gasteiger partial charge in [0.1, 0.15) is 12.5 Å². The molecule has 9 nitrogen and oxygen atoms in total. The summed E-state index contributed by atoms with van der Waals surface area (Å²) in [5.74, 6) is 2.60. The molecular weight excluding hydrogens is 393 g/mol. The molecule has 164 valence electrons. The van der Waals surface area contributed by atoms with Crippen molar-refractivity contribution in [2.45, 2.75) is 56.5 Å². The summed E-state index contributed by atoms with van der Waals surface area (Å²) >= 11 is 0. The second kappa shape index (κ2) is 9.76. The molecule has 1 aromatic rings. The lowest BCUT2D eigenvalue weighted by molar-refractivity contribution is -0.132. The standard InChI is InChI=1S/C20H28FN5O4/c1-3-20(10-29-11-28-9-12(2)22)16(27)7-14(30-20)6-13-4-5-15-17(24-8-13)18(23)26-19(21)25-15/h1,8,12-14,16,27H,4-7,9-11,22H2,2H3,(H2,23,25,26)/t12-,13?,14-,16-,20?/m0/s1. The van der Waals surface area contributed by atoms with Gasteiger partial charge in [-0.2, -0.15) is 9.37 Å². The molecule has 0 saturated carbocycles. The van der Waals surface area contributed by atoms with E-state index in [1.165, 1.54) is 0 Å². The smallest absolute Gasteiger partial charge is 0.310 e. The van der Waals surface area contributed by atoms with E-state index in [4.69, 9.17) is 32.1 Å². The minimum absolute atomic E-state index is 0.00964. The third-order valence-electron chi connectivity index (χ3n) is 5.20. The number of nitrogens with zero attached hydrogens (tertiary/aromatic N) is 3. The van der Waals surface area contributed by atoms with Crippen LogP contribution in [0.4, 0.5) is 15.9 Å². The van der Waals surface area contributed by atoms with Crippen LogP contribution in [0.5, 0.6) is 0 Å². The van der Waals surface area contributed by atoms with Crippen molar-refractivity contribution in [2.75, 3.05) is 25.7 Å². The molecule has 5 N–H and O–H groups in total. The topological polar surface area (TPSA) is 138 Å². The number of ether oxygens (including phenoxy) is 3. The van der Waals surface area contributed by atoms with Crippen molar-refractivity contribution in [3.8, 4) is 12.3 Å². The Morgan fingerprint density at radius 3 is 3.00 bits per heavy atom. The Labute approximate surface area is 175 Å². The second-order valence-electron chi connectivity index (χ2n) is 7.83. The van der Waals surface area contributed by atoms with E-state index in [2.05, 4.69) is 20.9 Å². The normalized spacial score (nSPS) is 29.2. The number of aromatic nitrogens is 2. The molecule has 0 radical (unpaired) electrons. The van der Waals surface area contributed by atoms with Gasteiger partial charge in [0.2, 0.25) is 0 Å². The number of nitrogen functional groups attached to an aromatic ring is 1. The molecule has 0 aliphatic carbocycles. The Hall–Kier alpha value is -2.16. The molecule has 0 bridgehead atoms. The van der Waals surface area contributed by atoms with Gasteiger partial charge in [0, 0.05) is 18.7 Å². The zero-order valence-electron chi connectivity index (χ0n) is 17.0. The van der Waals surface area contributed by atoms with Gasteiger partial charge in [0.15, 0.2) is 11.4 Å². The second-order valence-corrected chi connectivity index (χ2v) is 7.83. The van der Waals surface area contributed by atoms with Crippen LogP contribution >= 0.6 is 0 Å². The third-order valence-corrected chi connectivity index (χ3v) is 5.20. The summed E-state index contributed by atoms with van der Waals surface area (Å²) in [6, 6.07) is -0.0990. The first kappa shape index (κ1) is 22.5. The zero-order chi connectivity index (χ0) is 21.7. The molecule has 1 fully saturated rings. The van der Waals surface area contributed by atoms with Crippen LogP contribution in [0.25, 0.3) is 0 Å². The third kappa shape index (κ3) is 5.30. The minimum Gasteiger partial charge on any atom is -0.389 e.